The summed E-state index contributed by atoms with van der Waals surface area (Å²) in [6, 6.07) is 9.95. The molecule has 2 aromatic rings. The molecule has 0 aliphatic heterocycles. The Bertz CT molecular complexity index is 530. The van der Waals surface area contributed by atoms with Crippen LogP contribution in [-0.2, 0) is 16.1 Å². The van der Waals surface area contributed by atoms with Crippen LogP contribution in [0.2, 0.25) is 0 Å². The maximum Gasteiger partial charge on any atom is 0.327 e. The van der Waals surface area contributed by atoms with Crippen LogP contribution in [0.5, 0.6) is 0 Å². The van der Waals surface area contributed by atoms with Gasteiger partial charge in [-0.25, -0.2) is 9.67 Å². The third-order valence-corrected chi connectivity index (χ3v) is 3.18. The van der Waals surface area contributed by atoms with E-state index in [0.717, 1.165) is 10.6 Å². The van der Waals surface area contributed by atoms with Gasteiger partial charge < -0.3 is 10.5 Å². The van der Waals surface area contributed by atoms with Crippen molar-refractivity contribution in [3.05, 3.63) is 36.7 Å². The van der Waals surface area contributed by atoms with E-state index in [9.17, 15) is 4.79 Å². The van der Waals surface area contributed by atoms with E-state index in [2.05, 4.69) is 10.1 Å². The number of aromatic nitrogens is 3. The first-order valence-electron chi connectivity index (χ1n) is 5.72. The minimum Gasteiger partial charge on any atom is -0.463 e. The Kier molecular flexibility index (Phi) is 4.79. The summed E-state index contributed by atoms with van der Waals surface area (Å²) in [5.74, 6) is 0.515. The van der Waals surface area contributed by atoms with E-state index < -0.39 is 0 Å². The molecule has 1 heterocycles. The molecule has 0 bridgehead atoms. The van der Waals surface area contributed by atoms with Crippen molar-refractivity contribution in [2.24, 2.45) is 0 Å². The monoisotopic (exact) mass is 278 g/mol. The fraction of sp³-hybridized carbons (Fsp3) is 0.250. The first-order chi connectivity index (χ1) is 9.24. The topological polar surface area (TPSA) is 83.0 Å². The summed E-state index contributed by atoms with van der Waals surface area (Å²) < 4.78 is 6.44. The van der Waals surface area contributed by atoms with E-state index in [0.29, 0.717) is 6.61 Å². The zero-order valence-electron chi connectivity index (χ0n) is 10.2. The van der Waals surface area contributed by atoms with Crippen molar-refractivity contribution in [3.63, 3.8) is 0 Å². The van der Waals surface area contributed by atoms with Gasteiger partial charge in [0.05, 0.1) is 0 Å². The highest BCUT2D eigenvalue weighted by molar-refractivity contribution is 7.99. The summed E-state index contributed by atoms with van der Waals surface area (Å²) in [7, 11) is 0. The van der Waals surface area contributed by atoms with Gasteiger partial charge in [0.1, 0.15) is 19.5 Å². The summed E-state index contributed by atoms with van der Waals surface area (Å²) >= 11 is 1.64. The van der Waals surface area contributed by atoms with E-state index in [1.54, 1.807) is 11.8 Å². The molecule has 0 aliphatic rings. The summed E-state index contributed by atoms with van der Waals surface area (Å²) in [5, 5.41) is 3.80. The summed E-state index contributed by atoms with van der Waals surface area (Å²) in [4.78, 5) is 16.4. The van der Waals surface area contributed by atoms with Crippen LogP contribution in [0.25, 0.3) is 0 Å². The second-order valence-electron chi connectivity index (χ2n) is 3.68. The van der Waals surface area contributed by atoms with Crippen LogP contribution in [0.4, 0.5) is 5.95 Å². The number of nitrogens with two attached hydrogens (primary N) is 1. The predicted molar refractivity (Wildman–Crippen MR) is 72.6 cm³/mol. The van der Waals surface area contributed by atoms with Crippen molar-refractivity contribution in [1.29, 1.82) is 0 Å². The third kappa shape index (κ3) is 4.63. The Morgan fingerprint density at radius 3 is 2.84 bits per heavy atom. The van der Waals surface area contributed by atoms with Gasteiger partial charge in [0.15, 0.2) is 0 Å². The number of carbonyl (C=O) groups excluding carboxylic acids is 1. The third-order valence-electron chi connectivity index (χ3n) is 2.20. The molecule has 6 nitrogen and oxygen atoms in total. The number of hydrogen-bond acceptors (Lipinski definition) is 6. The molecule has 19 heavy (non-hydrogen) atoms. The Balaban J connectivity index is 1.64. The molecule has 0 amide bonds. The highest BCUT2D eigenvalue weighted by Gasteiger charge is 2.05. The van der Waals surface area contributed by atoms with E-state index >= 15 is 0 Å². The van der Waals surface area contributed by atoms with Crippen molar-refractivity contribution < 1.29 is 9.53 Å². The molecular weight excluding hydrogens is 264 g/mol. The van der Waals surface area contributed by atoms with Gasteiger partial charge in [-0.1, -0.05) is 18.2 Å². The van der Waals surface area contributed by atoms with E-state index in [1.807, 2.05) is 30.3 Å². The maximum absolute atomic E-state index is 11.5. The molecule has 100 valence electrons. The van der Waals surface area contributed by atoms with Crippen LogP contribution >= 0.6 is 11.8 Å². The molecule has 0 saturated heterocycles. The van der Waals surface area contributed by atoms with Crippen LogP contribution < -0.4 is 5.73 Å². The van der Waals surface area contributed by atoms with Crippen molar-refractivity contribution in [3.8, 4) is 0 Å². The summed E-state index contributed by atoms with van der Waals surface area (Å²) in [6.07, 6.45) is 1.40. The minimum atomic E-state index is -0.349. The number of anilines is 1. The van der Waals surface area contributed by atoms with Gasteiger partial charge >= 0.3 is 5.97 Å². The van der Waals surface area contributed by atoms with Gasteiger partial charge in [0.2, 0.25) is 5.95 Å². The van der Waals surface area contributed by atoms with Crippen LogP contribution in [-0.4, -0.2) is 33.1 Å². The van der Waals surface area contributed by atoms with Gasteiger partial charge in [0.25, 0.3) is 0 Å². The standard InChI is InChI=1S/C12H14N4O2S/c13-12-14-9-16(15-12)8-11(17)18-6-7-19-10-4-2-1-3-5-10/h1-5,9H,6-8H2,(H2,13,15). The zero-order chi connectivity index (χ0) is 13.5. The Morgan fingerprint density at radius 2 is 2.16 bits per heavy atom. The molecule has 7 heteroatoms. The zero-order valence-corrected chi connectivity index (χ0v) is 11.0. The molecule has 0 fully saturated rings. The quantitative estimate of drug-likeness (QED) is 0.485. The van der Waals surface area contributed by atoms with Crippen molar-refractivity contribution >= 4 is 23.7 Å². The van der Waals surface area contributed by atoms with E-state index in [-0.39, 0.29) is 18.5 Å². The molecule has 2 rings (SSSR count). The first kappa shape index (κ1) is 13.4. The molecule has 1 aromatic carbocycles. The van der Waals surface area contributed by atoms with E-state index in [4.69, 9.17) is 10.5 Å². The lowest BCUT2D eigenvalue weighted by atomic mass is 10.4. The number of esters is 1. The lowest BCUT2D eigenvalue weighted by Gasteiger charge is -2.04. The largest absolute Gasteiger partial charge is 0.463 e. The average molecular weight is 278 g/mol. The Morgan fingerprint density at radius 1 is 1.37 bits per heavy atom. The molecule has 0 atom stereocenters. The van der Waals surface area contributed by atoms with Gasteiger partial charge in [-0.05, 0) is 12.1 Å². The molecule has 0 aliphatic carbocycles. The van der Waals surface area contributed by atoms with Gasteiger partial charge in [-0.2, -0.15) is 0 Å². The molecular formula is C12H14N4O2S. The molecule has 0 saturated carbocycles. The van der Waals surface area contributed by atoms with Gasteiger partial charge in [0, 0.05) is 10.6 Å². The lowest BCUT2D eigenvalue weighted by Crippen LogP contribution is -2.15. The Labute approximate surface area is 115 Å². The fourth-order valence-corrected chi connectivity index (χ4v) is 2.15. The predicted octanol–water partition coefficient (Wildman–Crippen LogP) is 1.20. The number of ether oxygens (including phenoxy) is 1. The van der Waals surface area contributed by atoms with Crippen molar-refractivity contribution in [2.45, 2.75) is 11.4 Å². The fourth-order valence-electron chi connectivity index (χ4n) is 1.39. The van der Waals surface area contributed by atoms with Crippen LogP contribution in [0.1, 0.15) is 0 Å². The lowest BCUT2D eigenvalue weighted by molar-refractivity contribution is -0.143. The highest BCUT2D eigenvalue weighted by Crippen LogP contribution is 2.16. The first-order valence-corrected chi connectivity index (χ1v) is 6.71. The van der Waals surface area contributed by atoms with Crippen molar-refractivity contribution in [1.82, 2.24) is 14.8 Å². The van der Waals surface area contributed by atoms with Crippen LogP contribution in [0.3, 0.4) is 0 Å². The second-order valence-corrected chi connectivity index (χ2v) is 4.85. The molecule has 0 unspecified atom stereocenters. The summed E-state index contributed by atoms with van der Waals surface area (Å²) in [6.45, 7) is 0.392. The highest BCUT2D eigenvalue weighted by atomic mass is 32.2. The van der Waals surface area contributed by atoms with Gasteiger partial charge in [-0.3, -0.25) is 4.79 Å². The molecule has 1 aromatic heterocycles. The summed E-state index contributed by atoms with van der Waals surface area (Å²) in [5.41, 5.74) is 5.34. The number of rotatable bonds is 6. The SMILES string of the molecule is Nc1ncn(CC(=O)OCCSc2ccccc2)n1. The minimum absolute atomic E-state index is 0.0280. The normalized spacial score (nSPS) is 10.3. The number of nitrogen functional groups attached to an aromatic ring is 1. The average Bonchev–Trinajstić information content (AvgIpc) is 2.81. The maximum atomic E-state index is 11.5. The van der Waals surface area contributed by atoms with E-state index in [1.165, 1.54) is 11.0 Å². The Hall–Kier alpha value is -2.02. The van der Waals surface area contributed by atoms with Crippen LogP contribution in [0.15, 0.2) is 41.6 Å². The number of carbonyl (C=O) groups is 1. The number of hydrogen-bond donors (Lipinski definition) is 1. The number of thioether (sulfide) groups is 1. The second kappa shape index (κ2) is 6.79. The van der Waals surface area contributed by atoms with Crippen molar-refractivity contribution in [2.75, 3.05) is 18.1 Å². The molecule has 0 radical (unpaired) electrons. The smallest absolute Gasteiger partial charge is 0.327 e. The molecule has 2 N–H and O–H groups in total. The van der Waals surface area contributed by atoms with Crippen LogP contribution in [0, 0.1) is 0 Å². The van der Waals surface area contributed by atoms with Gasteiger partial charge in [-0.15, -0.1) is 16.9 Å². The number of nitrogens with zero attached hydrogens (tertiary/aromatic N) is 3. The molecule has 0 spiro atoms. The number of benzene rings is 1.